The van der Waals surface area contributed by atoms with Crippen LogP contribution in [0.25, 0.3) is 0 Å². The molecule has 0 saturated heterocycles. The Morgan fingerprint density at radius 1 is 1.15 bits per heavy atom. The van der Waals surface area contributed by atoms with E-state index in [2.05, 4.69) is 18.3 Å². The van der Waals surface area contributed by atoms with Crippen molar-refractivity contribution in [2.24, 2.45) is 5.14 Å². The van der Waals surface area contributed by atoms with Crippen LogP contribution in [0.5, 0.6) is 5.75 Å². The molecule has 33 heavy (non-hydrogen) atoms. The first kappa shape index (κ1) is 26.2. The van der Waals surface area contributed by atoms with Crippen LogP contribution in [0.1, 0.15) is 27.0 Å². The summed E-state index contributed by atoms with van der Waals surface area (Å²) in [5.74, 6) is -0.164. The fourth-order valence-corrected chi connectivity index (χ4v) is 3.66. The normalized spacial score (nSPS) is 9.82. The van der Waals surface area contributed by atoms with Crippen molar-refractivity contribution < 1.29 is 14.3 Å². The lowest BCUT2D eigenvalue weighted by Gasteiger charge is -2.10. The van der Waals surface area contributed by atoms with Crippen LogP contribution in [-0.2, 0) is 4.79 Å². The monoisotopic (exact) mass is 501 g/mol. The molecule has 0 unspecified atom stereocenters. The Hall–Kier alpha value is -3.02. The number of benzene rings is 3. The Morgan fingerprint density at radius 3 is 2.52 bits per heavy atom. The molecule has 0 heterocycles. The summed E-state index contributed by atoms with van der Waals surface area (Å²) < 4.78 is 5.23. The van der Waals surface area contributed by atoms with Crippen molar-refractivity contribution >= 4 is 52.9 Å². The summed E-state index contributed by atoms with van der Waals surface area (Å²) in [6.07, 6.45) is 0.579. The van der Waals surface area contributed by atoms with E-state index in [4.69, 9.17) is 38.3 Å². The van der Waals surface area contributed by atoms with Crippen molar-refractivity contribution in [2.75, 3.05) is 19.0 Å². The molecule has 6 nitrogen and oxygen atoms in total. The van der Waals surface area contributed by atoms with Gasteiger partial charge < -0.3 is 10.1 Å². The zero-order valence-electron chi connectivity index (χ0n) is 17.9. The van der Waals surface area contributed by atoms with Gasteiger partial charge in [0.1, 0.15) is 12.4 Å². The molecular weight excluding hydrogens is 481 g/mol. The van der Waals surface area contributed by atoms with E-state index in [0.29, 0.717) is 11.3 Å². The number of anilines is 1. The van der Waals surface area contributed by atoms with Crippen molar-refractivity contribution in [1.29, 1.82) is 5.26 Å². The number of carbonyl (C=O) groups is 2. The third-order valence-corrected chi connectivity index (χ3v) is 5.36. The zero-order chi connectivity index (χ0) is 24.4. The Kier molecular flexibility index (Phi) is 10.2. The number of nitrogens with zero attached hydrogens (tertiary/aromatic N) is 1. The number of carbonyl (C=O) groups excluding carboxylic acids is 2. The fourth-order valence-electron chi connectivity index (χ4n) is 2.86. The van der Waals surface area contributed by atoms with Gasteiger partial charge in [0.05, 0.1) is 17.2 Å². The number of halogens is 2. The molecule has 0 fully saturated rings. The highest BCUT2D eigenvalue weighted by Gasteiger charge is 2.17. The average molecular weight is 502 g/mol. The van der Waals surface area contributed by atoms with E-state index >= 15 is 0 Å². The lowest BCUT2D eigenvalue weighted by atomic mass is 10.0. The van der Waals surface area contributed by atoms with Crippen LogP contribution in [0.2, 0.25) is 10.0 Å². The lowest BCUT2D eigenvalue weighted by Crippen LogP contribution is -2.07. The van der Waals surface area contributed by atoms with Crippen molar-refractivity contribution in [3.63, 3.8) is 0 Å². The summed E-state index contributed by atoms with van der Waals surface area (Å²) >= 11 is 13.1. The highest BCUT2D eigenvalue weighted by molar-refractivity contribution is 7.97. The van der Waals surface area contributed by atoms with Gasteiger partial charge >= 0.3 is 0 Å². The van der Waals surface area contributed by atoms with Gasteiger partial charge in [0, 0.05) is 33.2 Å². The molecule has 3 rings (SSSR count). The van der Waals surface area contributed by atoms with Gasteiger partial charge in [-0.3, -0.25) is 14.7 Å². The number of ketones is 1. The van der Waals surface area contributed by atoms with Crippen LogP contribution < -0.4 is 15.2 Å². The second-order valence-electron chi connectivity index (χ2n) is 6.63. The molecule has 0 amide bonds. The number of hydrogen-bond acceptors (Lipinski definition) is 7. The van der Waals surface area contributed by atoms with Gasteiger partial charge in [-0.25, -0.2) is 0 Å². The highest BCUT2D eigenvalue weighted by Crippen LogP contribution is 2.27. The second-order valence-corrected chi connectivity index (χ2v) is 8.21. The maximum absolute atomic E-state index is 12.6. The molecule has 3 N–H and O–H groups in total. The van der Waals surface area contributed by atoms with Crippen LogP contribution in [0.3, 0.4) is 0 Å². The van der Waals surface area contributed by atoms with Crippen molar-refractivity contribution in [3.05, 3.63) is 86.9 Å². The molecule has 9 heteroatoms. The topological polar surface area (TPSA) is 105 Å². The van der Waals surface area contributed by atoms with E-state index in [9.17, 15) is 9.59 Å². The van der Waals surface area contributed by atoms with Crippen LogP contribution in [0, 0.1) is 18.3 Å². The minimum atomic E-state index is -0.401. The van der Waals surface area contributed by atoms with Crippen LogP contribution in [0.15, 0.2) is 59.5 Å². The predicted octanol–water partition coefficient (Wildman–Crippen LogP) is 5.68. The molecule has 170 valence electrons. The summed E-state index contributed by atoms with van der Waals surface area (Å²) in [5.41, 5.74) is 3.08. The molecule has 0 radical (unpaired) electrons. The fraction of sp³-hybridized carbons (Fsp3) is 0.125. The molecule has 0 atom stereocenters. The van der Waals surface area contributed by atoms with Crippen LogP contribution >= 0.6 is 35.1 Å². The number of ether oxygens (including phenoxy) is 1. The first-order valence-corrected chi connectivity index (χ1v) is 11.2. The quantitative estimate of drug-likeness (QED) is 0.243. The first-order valence-electron chi connectivity index (χ1n) is 9.59. The Balaban J connectivity index is 0.000000294. The summed E-state index contributed by atoms with van der Waals surface area (Å²) in [5, 5.41) is 18.1. The molecule has 0 aliphatic heterocycles. The maximum atomic E-state index is 12.6. The SMILES string of the molecule is CNc1ccc(SN)cc1C.N#Cc1cc(Cl)cc(C(=O)c2cc(Cl)ccc2OCC=O)c1. The van der Waals surface area contributed by atoms with E-state index in [1.54, 1.807) is 6.07 Å². The van der Waals surface area contributed by atoms with Gasteiger partial charge in [0.15, 0.2) is 12.1 Å². The van der Waals surface area contributed by atoms with Crippen molar-refractivity contribution in [2.45, 2.75) is 11.8 Å². The van der Waals surface area contributed by atoms with Gasteiger partial charge in [-0.15, -0.1) is 0 Å². The van der Waals surface area contributed by atoms with Gasteiger partial charge in [-0.1, -0.05) is 23.2 Å². The average Bonchev–Trinajstić information content (AvgIpc) is 2.82. The highest BCUT2D eigenvalue weighted by atomic mass is 35.5. The van der Waals surface area contributed by atoms with Gasteiger partial charge in [-0.2, -0.15) is 5.26 Å². The summed E-state index contributed by atoms with van der Waals surface area (Å²) in [6.45, 7) is 1.88. The van der Waals surface area contributed by atoms with Crippen molar-refractivity contribution in [3.8, 4) is 11.8 Å². The molecule has 0 saturated carbocycles. The minimum Gasteiger partial charge on any atom is -0.485 e. The zero-order valence-corrected chi connectivity index (χ0v) is 20.2. The standard InChI is InChI=1S/C16H9Cl2NO3.C8H12N2S/c17-12-1-2-15(22-4-3-20)14(8-12)16(21)11-5-10(9-19)6-13(18)7-11;1-6-5-7(11-9)3-4-8(6)10-2/h1-3,5-8H,4H2;3-5,10H,9H2,1-2H3. The van der Waals surface area contributed by atoms with Crippen LogP contribution in [0.4, 0.5) is 5.69 Å². The van der Waals surface area contributed by atoms with Crippen LogP contribution in [-0.4, -0.2) is 25.7 Å². The Bertz CT molecular complexity index is 1200. The Morgan fingerprint density at radius 2 is 1.91 bits per heavy atom. The van der Waals surface area contributed by atoms with Crippen molar-refractivity contribution in [1.82, 2.24) is 0 Å². The summed E-state index contributed by atoms with van der Waals surface area (Å²) in [4.78, 5) is 24.1. The number of nitriles is 1. The number of aldehydes is 1. The Labute approximate surface area is 206 Å². The summed E-state index contributed by atoms with van der Waals surface area (Å²) in [7, 11) is 1.91. The molecular formula is C24H21Cl2N3O3S. The second kappa shape index (κ2) is 12.9. The van der Waals surface area contributed by atoms with E-state index in [-0.39, 0.29) is 34.1 Å². The maximum Gasteiger partial charge on any atom is 0.196 e. The molecule has 0 aliphatic carbocycles. The van der Waals surface area contributed by atoms with Gasteiger partial charge in [0.2, 0.25) is 0 Å². The molecule has 3 aromatic carbocycles. The van der Waals surface area contributed by atoms with E-state index in [0.717, 1.165) is 10.6 Å². The molecule has 0 spiro atoms. The first-order chi connectivity index (χ1) is 15.8. The lowest BCUT2D eigenvalue weighted by molar-refractivity contribution is -0.109. The van der Waals surface area contributed by atoms with E-state index in [1.807, 2.05) is 25.2 Å². The third kappa shape index (κ3) is 7.52. The van der Waals surface area contributed by atoms with Gasteiger partial charge in [0.25, 0.3) is 0 Å². The van der Waals surface area contributed by atoms with E-state index < -0.39 is 5.78 Å². The summed E-state index contributed by atoms with van der Waals surface area (Å²) in [6, 6.07) is 16.9. The number of aryl methyl sites for hydroxylation is 1. The minimum absolute atomic E-state index is 0.180. The smallest absolute Gasteiger partial charge is 0.196 e. The molecule has 0 bridgehead atoms. The third-order valence-electron chi connectivity index (χ3n) is 4.39. The predicted molar refractivity (Wildman–Crippen MR) is 133 cm³/mol. The number of hydrogen-bond donors (Lipinski definition) is 2. The van der Waals surface area contributed by atoms with Gasteiger partial charge in [-0.05, 0) is 79.0 Å². The molecule has 0 aliphatic rings. The molecule has 3 aromatic rings. The molecule has 0 aromatic heterocycles. The number of rotatable bonds is 7. The largest absolute Gasteiger partial charge is 0.485 e. The number of nitrogens with two attached hydrogens (primary N) is 1. The number of nitrogens with one attached hydrogen (secondary N) is 1. The van der Waals surface area contributed by atoms with E-state index in [1.165, 1.54) is 47.8 Å².